The van der Waals surface area contributed by atoms with Crippen LogP contribution >= 0.6 is 0 Å². The zero-order chi connectivity index (χ0) is 10.4. The minimum Gasteiger partial charge on any atom is -0.450 e. The molecule has 0 aromatic heterocycles. The average Bonchev–Trinajstić information content (AvgIpc) is 2.19. The number of carbonyl (C=O) groups is 1. The monoisotopic (exact) mass is 202 g/mol. The second-order valence-electron chi connectivity index (χ2n) is 3.18. The number of rotatable bonds is 3. The summed E-state index contributed by atoms with van der Waals surface area (Å²) in [7, 11) is 1.86. The number of hydrogen-bond donors (Lipinski definition) is 1. The fourth-order valence-electron chi connectivity index (χ4n) is 1.51. The first-order valence-electron chi connectivity index (χ1n) is 4.95. The zero-order valence-corrected chi connectivity index (χ0v) is 8.78. The van der Waals surface area contributed by atoms with E-state index in [9.17, 15) is 4.79 Å². The molecule has 1 aliphatic heterocycles. The van der Waals surface area contributed by atoms with Gasteiger partial charge in [0.1, 0.15) is 0 Å². The Morgan fingerprint density at radius 1 is 1.71 bits per heavy atom. The molecule has 1 unspecified atom stereocenters. The van der Waals surface area contributed by atoms with Crippen molar-refractivity contribution < 1.29 is 14.3 Å². The number of carbonyl (C=O) groups excluding carboxylic acids is 1. The molecular formula is C9H18N2O3. The molecule has 0 radical (unpaired) electrons. The van der Waals surface area contributed by atoms with Crippen molar-refractivity contribution in [3.05, 3.63) is 0 Å². The van der Waals surface area contributed by atoms with Crippen LogP contribution in [0.25, 0.3) is 0 Å². The number of ether oxygens (including phenoxy) is 2. The molecule has 1 N–H and O–H groups in total. The number of nitrogens with one attached hydrogen (secondary N) is 1. The summed E-state index contributed by atoms with van der Waals surface area (Å²) in [6, 6.07) is 0.0906. The van der Waals surface area contributed by atoms with Crippen LogP contribution in [0.1, 0.15) is 6.92 Å². The standard InChI is InChI=1S/C9H18N2O3/c1-3-14-9(12)11-4-5-13-7-8(11)6-10-2/h8,10H,3-7H2,1-2H3. The van der Waals surface area contributed by atoms with E-state index in [1.54, 1.807) is 4.90 Å². The van der Waals surface area contributed by atoms with Crippen LogP contribution in [0.2, 0.25) is 0 Å². The van der Waals surface area contributed by atoms with Crippen LogP contribution < -0.4 is 5.32 Å². The molecule has 1 aliphatic rings. The van der Waals surface area contributed by atoms with Crippen molar-refractivity contribution in [3.8, 4) is 0 Å². The first-order valence-corrected chi connectivity index (χ1v) is 4.95. The predicted octanol–water partition coefficient (Wildman–Crippen LogP) is 0.0631. The fraction of sp³-hybridized carbons (Fsp3) is 0.889. The second kappa shape index (κ2) is 5.82. The number of amides is 1. The number of morpholine rings is 1. The Hall–Kier alpha value is -0.810. The molecule has 1 fully saturated rings. The predicted molar refractivity (Wildman–Crippen MR) is 52.3 cm³/mol. The maximum Gasteiger partial charge on any atom is 0.410 e. The third-order valence-corrected chi connectivity index (χ3v) is 2.17. The Kier molecular flexibility index (Phi) is 4.69. The molecule has 1 amide bonds. The second-order valence-corrected chi connectivity index (χ2v) is 3.18. The third-order valence-electron chi connectivity index (χ3n) is 2.17. The molecule has 14 heavy (non-hydrogen) atoms. The minimum absolute atomic E-state index is 0.0906. The Morgan fingerprint density at radius 2 is 2.50 bits per heavy atom. The lowest BCUT2D eigenvalue weighted by molar-refractivity contribution is -0.00694. The van der Waals surface area contributed by atoms with Crippen LogP contribution in [-0.2, 0) is 9.47 Å². The quantitative estimate of drug-likeness (QED) is 0.703. The molecule has 1 saturated heterocycles. The summed E-state index contributed by atoms with van der Waals surface area (Å²) < 4.78 is 10.3. The van der Waals surface area contributed by atoms with Crippen LogP contribution in [0.5, 0.6) is 0 Å². The Morgan fingerprint density at radius 3 is 3.14 bits per heavy atom. The molecule has 0 aromatic carbocycles. The van der Waals surface area contributed by atoms with Crippen molar-refractivity contribution in [1.29, 1.82) is 0 Å². The maximum absolute atomic E-state index is 11.5. The van der Waals surface area contributed by atoms with E-state index in [1.807, 2.05) is 14.0 Å². The topological polar surface area (TPSA) is 50.8 Å². The normalized spacial score (nSPS) is 22.1. The average molecular weight is 202 g/mol. The van der Waals surface area contributed by atoms with Crippen molar-refractivity contribution >= 4 is 6.09 Å². The van der Waals surface area contributed by atoms with Gasteiger partial charge in [-0.15, -0.1) is 0 Å². The molecule has 5 nitrogen and oxygen atoms in total. The maximum atomic E-state index is 11.5. The number of likely N-dealkylation sites (N-methyl/N-ethyl adjacent to an activating group) is 1. The molecule has 0 aliphatic carbocycles. The molecule has 0 saturated carbocycles. The van der Waals surface area contributed by atoms with Crippen molar-refractivity contribution in [2.45, 2.75) is 13.0 Å². The number of hydrogen-bond acceptors (Lipinski definition) is 4. The van der Waals surface area contributed by atoms with Gasteiger partial charge in [-0.05, 0) is 14.0 Å². The first kappa shape index (κ1) is 11.3. The van der Waals surface area contributed by atoms with Gasteiger partial charge in [0.15, 0.2) is 0 Å². The van der Waals surface area contributed by atoms with Crippen LogP contribution in [0.15, 0.2) is 0 Å². The summed E-state index contributed by atoms with van der Waals surface area (Å²) in [5, 5.41) is 3.03. The molecule has 1 heterocycles. The molecule has 0 bridgehead atoms. The van der Waals surface area contributed by atoms with E-state index < -0.39 is 0 Å². The molecule has 0 spiro atoms. The zero-order valence-electron chi connectivity index (χ0n) is 8.78. The largest absolute Gasteiger partial charge is 0.450 e. The van der Waals surface area contributed by atoms with E-state index in [1.165, 1.54) is 0 Å². The SMILES string of the molecule is CCOC(=O)N1CCOCC1CNC. The minimum atomic E-state index is -0.240. The van der Waals surface area contributed by atoms with E-state index in [4.69, 9.17) is 9.47 Å². The summed E-state index contributed by atoms with van der Waals surface area (Å²) >= 11 is 0. The van der Waals surface area contributed by atoms with E-state index in [-0.39, 0.29) is 12.1 Å². The van der Waals surface area contributed by atoms with Crippen LogP contribution in [0.4, 0.5) is 4.79 Å². The van der Waals surface area contributed by atoms with Gasteiger partial charge in [-0.2, -0.15) is 0 Å². The lowest BCUT2D eigenvalue weighted by Gasteiger charge is -2.34. The highest BCUT2D eigenvalue weighted by Gasteiger charge is 2.27. The summed E-state index contributed by atoms with van der Waals surface area (Å²) in [5.41, 5.74) is 0. The van der Waals surface area contributed by atoms with Crippen LogP contribution in [0.3, 0.4) is 0 Å². The highest BCUT2D eigenvalue weighted by molar-refractivity contribution is 5.68. The molecule has 1 rings (SSSR count). The summed E-state index contributed by atoms with van der Waals surface area (Å²) in [6.45, 7) is 4.76. The van der Waals surface area contributed by atoms with Gasteiger partial charge in [0.25, 0.3) is 0 Å². The van der Waals surface area contributed by atoms with E-state index in [0.29, 0.717) is 26.4 Å². The molecule has 5 heteroatoms. The Bertz CT molecular complexity index is 185. The van der Waals surface area contributed by atoms with Gasteiger partial charge < -0.3 is 14.8 Å². The van der Waals surface area contributed by atoms with E-state index in [0.717, 1.165) is 6.54 Å². The van der Waals surface area contributed by atoms with Crippen molar-refractivity contribution in [1.82, 2.24) is 10.2 Å². The van der Waals surface area contributed by atoms with Gasteiger partial charge >= 0.3 is 6.09 Å². The summed E-state index contributed by atoms with van der Waals surface area (Å²) in [4.78, 5) is 13.2. The smallest absolute Gasteiger partial charge is 0.410 e. The van der Waals surface area contributed by atoms with Gasteiger partial charge in [0.2, 0.25) is 0 Å². The highest BCUT2D eigenvalue weighted by Crippen LogP contribution is 2.07. The van der Waals surface area contributed by atoms with E-state index >= 15 is 0 Å². The van der Waals surface area contributed by atoms with Crippen LogP contribution in [-0.4, -0.2) is 57.0 Å². The van der Waals surface area contributed by atoms with Crippen LogP contribution in [0, 0.1) is 0 Å². The third kappa shape index (κ3) is 2.85. The molecule has 1 atom stereocenters. The Balaban J connectivity index is 2.48. The van der Waals surface area contributed by atoms with Gasteiger partial charge in [-0.25, -0.2) is 4.79 Å². The van der Waals surface area contributed by atoms with E-state index in [2.05, 4.69) is 5.32 Å². The highest BCUT2D eigenvalue weighted by atomic mass is 16.6. The summed E-state index contributed by atoms with van der Waals surface area (Å²) in [5.74, 6) is 0. The van der Waals surface area contributed by atoms with Gasteiger partial charge in [-0.1, -0.05) is 0 Å². The molecular weight excluding hydrogens is 184 g/mol. The van der Waals surface area contributed by atoms with Crippen molar-refractivity contribution in [2.24, 2.45) is 0 Å². The summed E-state index contributed by atoms with van der Waals surface area (Å²) in [6.07, 6.45) is -0.240. The molecule has 0 aromatic rings. The van der Waals surface area contributed by atoms with Gasteiger partial charge in [-0.3, -0.25) is 4.90 Å². The molecule has 82 valence electrons. The van der Waals surface area contributed by atoms with Crippen molar-refractivity contribution in [3.63, 3.8) is 0 Å². The van der Waals surface area contributed by atoms with Crippen molar-refractivity contribution in [2.75, 3.05) is 40.0 Å². The van der Waals surface area contributed by atoms with Gasteiger partial charge in [0.05, 0.1) is 25.9 Å². The lowest BCUT2D eigenvalue weighted by Crippen LogP contribution is -2.52. The first-order chi connectivity index (χ1) is 6.79. The van der Waals surface area contributed by atoms with Gasteiger partial charge in [0, 0.05) is 13.1 Å². The Labute approximate surface area is 84.4 Å². The fourth-order valence-corrected chi connectivity index (χ4v) is 1.51. The number of nitrogens with zero attached hydrogens (tertiary/aromatic N) is 1. The lowest BCUT2D eigenvalue weighted by atomic mass is 10.2.